The number of pyridine rings is 1. The van der Waals surface area contributed by atoms with Gasteiger partial charge in [-0.05, 0) is 42.7 Å². The first-order chi connectivity index (χ1) is 20.3. The molecule has 12 heteroatoms. The van der Waals surface area contributed by atoms with E-state index >= 15 is 4.39 Å². The summed E-state index contributed by atoms with van der Waals surface area (Å²) in [6.45, 7) is 11.2. The first-order valence-corrected chi connectivity index (χ1v) is 14.2. The van der Waals surface area contributed by atoms with Gasteiger partial charge >= 0.3 is 5.69 Å². The summed E-state index contributed by atoms with van der Waals surface area (Å²) in [7, 11) is 0. The van der Waals surface area contributed by atoms with Crippen LogP contribution in [-0.4, -0.2) is 67.6 Å². The highest BCUT2D eigenvalue weighted by molar-refractivity contribution is 5.69. The third-order valence-electron chi connectivity index (χ3n) is 7.42. The Bertz CT molecular complexity index is 1640. The molecule has 0 radical (unpaired) electrons. The molecule has 1 aliphatic heterocycles. The van der Waals surface area contributed by atoms with Crippen LogP contribution in [0.3, 0.4) is 0 Å². The van der Waals surface area contributed by atoms with Crippen LogP contribution >= 0.6 is 0 Å². The second kappa shape index (κ2) is 12.5. The molecule has 0 spiro atoms. The van der Waals surface area contributed by atoms with Crippen LogP contribution < -0.4 is 20.8 Å². The molecule has 1 fully saturated rings. The number of aryl methyl sites for hydroxylation is 1. The Labute approximate surface area is 244 Å². The highest BCUT2D eigenvalue weighted by atomic mass is 19.1. The summed E-state index contributed by atoms with van der Waals surface area (Å²) in [5.41, 5.74) is 2.37. The van der Waals surface area contributed by atoms with Crippen LogP contribution in [0.5, 0.6) is 0 Å². The minimum Gasteiger partial charge on any atom is -0.349 e. The van der Waals surface area contributed by atoms with Gasteiger partial charge in [0.05, 0.1) is 17.8 Å². The molecule has 4 aromatic rings. The Morgan fingerprint density at radius 1 is 1.12 bits per heavy atom. The van der Waals surface area contributed by atoms with Crippen LogP contribution in [0.2, 0.25) is 0 Å². The molecule has 1 N–H and O–H groups in total. The molecule has 1 atom stereocenters. The summed E-state index contributed by atoms with van der Waals surface area (Å²) < 4.78 is 17.8. The molecule has 0 aliphatic carbocycles. The molecule has 218 valence electrons. The maximum Gasteiger partial charge on any atom is 0.350 e. The van der Waals surface area contributed by atoms with Gasteiger partial charge in [0.1, 0.15) is 24.0 Å². The fraction of sp³-hybridized carbons (Fsp3) is 0.400. The van der Waals surface area contributed by atoms with E-state index in [2.05, 4.69) is 55.1 Å². The number of halogens is 1. The molecule has 4 heterocycles. The average Bonchev–Trinajstić information content (AvgIpc) is 3.36. The van der Waals surface area contributed by atoms with Crippen molar-refractivity contribution in [3.8, 4) is 22.9 Å². The van der Waals surface area contributed by atoms with E-state index in [1.165, 1.54) is 21.6 Å². The minimum absolute atomic E-state index is 0.0655. The van der Waals surface area contributed by atoms with E-state index in [-0.39, 0.29) is 17.8 Å². The van der Waals surface area contributed by atoms with Crippen LogP contribution in [0.15, 0.2) is 54.0 Å². The highest BCUT2D eigenvalue weighted by Crippen LogP contribution is 2.29. The number of benzene rings is 1. The summed E-state index contributed by atoms with van der Waals surface area (Å²) in [5, 5.41) is 17.3. The summed E-state index contributed by atoms with van der Waals surface area (Å²) in [6.07, 6.45) is 7.60. The van der Waals surface area contributed by atoms with Crippen molar-refractivity contribution in [1.82, 2.24) is 34.6 Å². The summed E-state index contributed by atoms with van der Waals surface area (Å²) in [6, 6.07) is 8.96. The Morgan fingerprint density at radius 2 is 1.90 bits per heavy atom. The van der Waals surface area contributed by atoms with Gasteiger partial charge in [0.15, 0.2) is 0 Å². The zero-order valence-corrected chi connectivity index (χ0v) is 24.3. The number of nitrogens with zero attached hydrogens (tertiary/aromatic N) is 9. The molecule has 11 nitrogen and oxygen atoms in total. The van der Waals surface area contributed by atoms with Crippen molar-refractivity contribution < 1.29 is 4.39 Å². The van der Waals surface area contributed by atoms with E-state index in [0.29, 0.717) is 61.2 Å². The van der Waals surface area contributed by atoms with E-state index in [9.17, 15) is 10.1 Å². The number of anilines is 2. The molecule has 1 unspecified atom stereocenters. The molecule has 5 rings (SSSR count). The molecule has 42 heavy (non-hydrogen) atoms. The Balaban J connectivity index is 1.32. The van der Waals surface area contributed by atoms with Crippen LogP contribution in [0.1, 0.15) is 38.8 Å². The van der Waals surface area contributed by atoms with Gasteiger partial charge in [0.2, 0.25) is 5.95 Å². The maximum absolute atomic E-state index is 15.3. The molecule has 0 saturated carbocycles. The van der Waals surface area contributed by atoms with Gasteiger partial charge in [-0.25, -0.2) is 33.4 Å². The van der Waals surface area contributed by atoms with E-state index in [0.717, 1.165) is 12.0 Å². The predicted octanol–water partition coefficient (Wildman–Crippen LogP) is 3.17. The van der Waals surface area contributed by atoms with Gasteiger partial charge in [-0.3, -0.25) is 0 Å². The Morgan fingerprint density at radius 3 is 2.57 bits per heavy atom. The van der Waals surface area contributed by atoms with E-state index in [4.69, 9.17) is 0 Å². The zero-order chi connectivity index (χ0) is 29.8. The Hall–Kier alpha value is -4.63. The summed E-state index contributed by atoms with van der Waals surface area (Å²) >= 11 is 0. The van der Waals surface area contributed by atoms with Crippen molar-refractivity contribution in [2.75, 3.05) is 36.0 Å². The van der Waals surface area contributed by atoms with Gasteiger partial charge in [-0.1, -0.05) is 26.8 Å². The van der Waals surface area contributed by atoms with Gasteiger partial charge < -0.3 is 15.1 Å². The molecule has 0 amide bonds. The minimum atomic E-state index is -0.573. The lowest BCUT2D eigenvalue weighted by atomic mass is 10.0. The van der Waals surface area contributed by atoms with E-state index < -0.39 is 11.5 Å². The predicted molar refractivity (Wildman–Crippen MR) is 159 cm³/mol. The number of rotatable bonds is 9. The molecule has 1 aliphatic rings. The Kier molecular flexibility index (Phi) is 8.59. The van der Waals surface area contributed by atoms with Crippen LogP contribution in [0, 0.1) is 17.1 Å². The monoisotopic (exact) mass is 570 g/mol. The normalized spacial score (nSPS) is 15.3. The number of hydrogen-bond acceptors (Lipinski definition) is 9. The fourth-order valence-electron chi connectivity index (χ4n) is 5.07. The molecule has 0 bridgehead atoms. The van der Waals surface area contributed by atoms with Gasteiger partial charge in [0, 0.05) is 62.4 Å². The molecule has 3 aromatic heterocycles. The van der Waals surface area contributed by atoms with Crippen LogP contribution in [0.25, 0.3) is 16.8 Å². The smallest absolute Gasteiger partial charge is 0.349 e. The third-order valence-corrected chi connectivity index (χ3v) is 7.42. The third kappa shape index (κ3) is 6.01. The molecule has 1 saturated heterocycles. The number of aromatic nitrogens is 6. The largest absolute Gasteiger partial charge is 0.350 e. The van der Waals surface area contributed by atoms with Crippen molar-refractivity contribution in [1.29, 1.82) is 5.26 Å². The zero-order valence-electron chi connectivity index (χ0n) is 24.3. The lowest BCUT2D eigenvalue weighted by Crippen LogP contribution is -2.53. The van der Waals surface area contributed by atoms with Crippen molar-refractivity contribution in [3.05, 3.63) is 76.6 Å². The van der Waals surface area contributed by atoms with Crippen molar-refractivity contribution in [2.24, 2.45) is 0 Å². The van der Waals surface area contributed by atoms with Crippen molar-refractivity contribution in [3.63, 3.8) is 0 Å². The second-order valence-corrected chi connectivity index (χ2v) is 10.7. The van der Waals surface area contributed by atoms with Crippen LogP contribution in [-0.2, 0) is 13.0 Å². The van der Waals surface area contributed by atoms with Gasteiger partial charge in [-0.15, -0.1) is 0 Å². The average molecular weight is 571 g/mol. The van der Waals surface area contributed by atoms with E-state index in [1.54, 1.807) is 24.4 Å². The van der Waals surface area contributed by atoms with Crippen molar-refractivity contribution in [2.45, 2.75) is 52.7 Å². The standard InChI is InChI=1S/C30H35FN10O/c1-5-22-15-35-29(36-16-22)38-10-11-39(21(4)18-38)28-24(14-32)12-25(17-34-28)23-6-7-27(26(31)13-23)40-19-37-41(30(40)42)9-8-33-20(2)3/h6-7,12-13,15-17,19-21,33H,5,8-11,18H2,1-4H3. The highest BCUT2D eigenvalue weighted by Gasteiger charge is 2.28. The number of nitrogens with one attached hydrogen (secondary N) is 1. The van der Waals surface area contributed by atoms with Gasteiger partial charge in [0.25, 0.3) is 0 Å². The fourth-order valence-corrected chi connectivity index (χ4v) is 5.07. The summed E-state index contributed by atoms with van der Waals surface area (Å²) in [4.78, 5) is 30.7. The first-order valence-electron chi connectivity index (χ1n) is 14.2. The van der Waals surface area contributed by atoms with Crippen LogP contribution in [0.4, 0.5) is 16.2 Å². The second-order valence-electron chi connectivity index (χ2n) is 10.7. The lowest BCUT2D eigenvalue weighted by Gasteiger charge is -2.40. The SMILES string of the molecule is CCc1cnc(N2CCN(c3ncc(-c4ccc(-n5cnn(CCNC(C)C)c5=O)c(F)c4)cc3C#N)C(C)C2)nc1. The van der Waals surface area contributed by atoms with Gasteiger partial charge in [-0.2, -0.15) is 10.4 Å². The maximum atomic E-state index is 15.3. The van der Waals surface area contributed by atoms with E-state index in [1.807, 2.05) is 26.2 Å². The topological polar surface area (TPSA) is 121 Å². The summed E-state index contributed by atoms with van der Waals surface area (Å²) in [5.74, 6) is 0.723. The van der Waals surface area contributed by atoms with Crippen molar-refractivity contribution >= 4 is 11.8 Å². The lowest BCUT2D eigenvalue weighted by molar-refractivity contribution is 0.504. The molecule has 1 aromatic carbocycles. The first kappa shape index (κ1) is 28.9. The number of nitriles is 1. The quantitative estimate of drug-likeness (QED) is 0.323. The number of piperazine rings is 1. The molecular formula is C30H35FN10O. The molecular weight excluding hydrogens is 535 g/mol. The number of hydrogen-bond donors (Lipinski definition) is 1.